The van der Waals surface area contributed by atoms with Gasteiger partial charge in [0.05, 0.1) is 29.8 Å². The number of rotatable bonds is 7. The molecule has 3 aromatic heterocycles. The lowest BCUT2D eigenvalue weighted by molar-refractivity contribution is -0.0385. The number of amides is 1. The molecule has 45 heavy (non-hydrogen) atoms. The van der Waals surface area contributed by atoms with E-state index in [0.717, 1.165) is 79.4 Å². The van der Waals surface area contributed by atoms with Gasteiger partial charge in [0.1, 0.15) is 0 Å². The van der Waals surface area contributed by atoms with E-state index in [2.05, 4.69) is 34.0 Å². The molecule has 0 aromatic carbocycles. The van der Waals surface area contributed by atoms with Gasteiger partial charge in [0.15, 0.2) is 17.1 Å². The first-order chi connectivity index (χ1) is 21.9. The molecule has 2 saturated heterocycles. The molecule has 11 nitrogen and oxygen atoms in total. The average Bonchev–Trinajstić information content (AvgIpc) is 3.54. The van der Waals surface area contributed by atoms with E-state index >= 15 is 0 Å². The van der Waals surface area contributed by atoms with Gasteiger partial charge in [0, 0.05) is 48.4 Å². The van der Waals surface area contributed by atoms with Crippen LogP contribution in [0.2, 0.25) is 0 Å². The maximum atomic E-state index is 13.8. The van der Waals surface area contributed by atoms with Crippen molar-refractivity contribution < 1.29 is 14.3 Å². The summed E-state index contributed by atoms with van der Waals surface area (Å²) in [4.78, 5) is 30.1. The third kappa shape index (κ3) is 6.52. The quantitative estimate of drug-likeness (QED) is 0.306. The molecule has 3 aromatic rings. The first-order valence-electron chi connectivity index (χ1n) is 16.8. The number of carbonyl (C=O) groups is 1. The topological polar surface area (TPSA) is 133 Å². The summed E-state index contributed by atoms with van der Waals surface area (Å²) in [5.41, 5.74) is 10.3. The molecule has 1 amide bonds. The molecule has 0 radical (unpaired) electrons. The second-order valence-electron chi connectivity index (χ2n) is 13.8. The molecule has 1 unspecified atom stereocenters. The second kappa shape index (κ2) is 13.1. The van der Waals surface area contributed by atoms with Crippen LogP contribution in [0, 0.1) is 0 Å². The molecule has 5 heterocycles. The molecule has 1 saturated carbocycles. The lowest BCUT2D eigenvalue weighted by Crippen LogP contribution is -2.43. The maximum Gasteiger partial charge on any atom is 0.278 e. The fourth-order valence-corrected chi connectivity index (χ4v) is 8.31. The first-order valence-corrected chi connectivity index (χ1v) is 17.7. The molecule has 7 rings (SSSR count). The summed E-state index contributed by atoms with van der Waals surface area (Å²) >= 11 is 1.42. The van der Waals surface area contributed by atoms with Crippen molar-refractivity contribution in [2.75, 3.05) is 30.7 Å². The number of nitrogens with two attached hydrogens (primary N) is 1. The summed E-state index contributed by atoms with van der Waals surface area (Å²) in [6.45, 7) is 7.63. The minimum Gasteiger partial charge on any atom is -0.372 e. The van der Waals surface area contributed by atoms with Crippen molar-refractivity contribution in [3.05, 3.63) is 34.1 Å². The van der Waals surface area contributed by atoms with Crippen molar-refractivity contribution in [1.82, 2.24) is 29.6 Å². The summed E-state index contributed by atoms with van der Waals surface area (Å²) in [6, 6.07) is 0.762. The van der Waals surface area contributed by atoms with Crippen molar-refractivity contribution >= 4 is 28.3 Å². The molecule has 4 aliphatic rings. The van der Waals surface area contributed by atoms with Gasteiger partial charge in [-0.1, -0.05) is 39.5 Å². The van der Waals surface area contributed by atoms with Crippen LogP contribution in [-0.2, 0) is 27.9 Å². The van der Waals surface area contributed by atoms with Crippen molar-refractivity contribution in [3.63, 3.8) is 0 Å². The van der Waals surface area contributed by atoms with Gasteiger partial charge in [0.2, 0.25) is 5.95 Å². The van der Waals surface area contributed by atoms with Crippen LogP contribution in [0.3, 0.4) is 0 Å². The van der Waals surface area contributed by atoms with Crippen molar-refractivity contribution in [3.8, 4) is 11.4 Å². The third-order valence-electron chi connectivity index (χ3n) is 10.1. The Morgan fingerprint density at radius 2 is 1.87 bits per heavy atom. The van der Waals surface area contributed by atoms with Crippen LogP contribution in [0.15, 0.2) is 11.6 Å². The van der Waals surface area contributed by atoms with Crippen molar-refractivity contribution in [1.29, 1.82) is 0 Å². The fraction of sp³-hybridized carbons (Fsp3) is 0.667. The number of thiazole rings is 1. The molecular formula is C33H46N8O3S. The molecule has 242 valence electrons. The zero-order chi connectivity index (χ0) is 31.0. The van der Waals surface area contributed by atoms with Gasteiger partial charge in [-0.3, -0.25) is 10.1 Å². The highest BCUT2D eigenvalue weighted by Crippen LogP contribution is 2.45. The van der Waals surface area contributed by atoms with Crippen LogP contribution >= 0.6 is 11.3 Å². The smallest absolute Gasteiger partial charge is 0.278 e. The zero-order valence-electron chi connectivity index (χ0n) is 26.6. The summed E-state index contributed by atoms with van der Waals surface area (Å²) < 4.78 is 14.3. The predicted molar refractivity (Wildman–Crippen MR) is 174 cm³/mol. The Kier molecular flexibility index (Phi) is 8.91. The van der Waals surface area contributed by atoms with Crippen LogP contribution in [0.5, 0.6) is 0 Å². The zero-order valence-corrected chi connectivity index (χ0v) is 27.4. The van der Waals surface area contributed by atoms with Crippen molar-refractivity contribution in [2.45, 2.75) is 121 Å². The number of ether oxygens (including phenoxy) is 2. The lowest BCUT2D eigenvalue weighted by atomic mass is 9.73. The van der Waals surface area contributed by atoms with Gasteiger partial charge in [-0.15, -0.1) is 11.3 Å². The lowest BCUT2D eigenvalue weighted by Gasteiger charge is -2.37. The number of hydrogen-bond donors (Lipinski definition) is 2. The SMILES string of the molecule is CC1(C)Cc2c(C(=O)Nc3nc(COC4CCN(C5CCCCCC5)CC4)cs3)nn(C3CCCCO3)c2-c2nc(N)ncc21. The minimum atomic E-state index is -0.302. The van der Waals surface area contributed by atoms with E-state index in [9.17, 15) is 4.79 Å². The Balaban J connectivity index is 1.03. The van der Waals surface area contributed by atoms with Gasteiger partial charge in [-0.05, 0) is 56.8 Å². The highest BCUT2D eigenvalue weighted by Gasteiger charge is 2.40. The molecule has 12 heteroatoms. The van der Waals surface area contributed by atoms with E-state index < -0.39 is 0 Å². The second-order valence-corrected chi connectivity index (χ2v) is 14.6. The largest absolute Gasteiger partial charge is 0.372 e. The molecule has 3 fully saturated rings. The van der Waals surface area contributed by atoms with E-state index in [0.29, 0.717) is 30.5 Å². The van der Waals surface area contributed by atoms with Gasteiger partial charge in [-0.2, -0.15) is 5.10 Å². The number of hydrogen-bond acceptors (Lipinski definition) is 10. The number of carbonyl (C=O) groups excluding carboxylic acids is 1. The number of nitrogen functional groups attached to an aromatic ring is 1. The van der Waals surface area contributed by atoms with E-state index in [1.807, 2.05) is 10.1 Å². The van der Waals surface area contributed by atoms with Crippen LogP contribution in [-0.4, -0.2) is 67.4 Å². The normalized spacial score (nSPS) is 22.8. The maximum absolute atomic E-state index is 13.8. The van der Waals surface area contributed by atoms with Crippen molar-refractivity contribution in [2.24, 2.45) is 0 Å². The summed E-state index contributed by atoms with van der Waals surface area (Å²) in [6.07, 6.45) is 15.7. The Morgan fingerprint density at radius 1 is 1.09 bits per heavy atom. The third-order valence-corrected chi connectivity index (χ3v) is 10.9. The molecule has 0 spiro atoms. The Labute approximate surface area is 269 Å². The standard InChI is InChI=1S/C33H46N8O3S/c1-33(2)17-24-27(39-41(26-11-7-8-16-43-26)29(24)28-25(33)18-35-31(34)37-28)30(42)38-32-36-21(20-45-32)19-44-23-12-14-40(15-13-23)22-9-5-3-4-6-10-22/h18,20,22-23,26H,3-17,19H2,1-2H3,(H2,34,35,37)(H,36,38,42). The number of piperidine rings is 1. The first kappa shape index (κ1) is 30.7. The Bertz CT molecular complexity index is 1500. The Morgan fingerprint density at radius 3 is 2.62 bits per heavy atom. The van der Waals surface area contributed by atoms with Crippen LogP contribution in [0.25, 0.3) is 11.4 Å². The molecule has 3 N–H and O–H groups in total. The van der Waals surface area contributed by atoms with Gasteiger partial charge in [0.25, 0.3) is 5.91 Å². The molecule has 2 aliphatic heterocycles. The Hall–Kier alpha value is -2.93. The van der Waals surface area contributed by atoms with Crippen LogP contribution < -0.4 is 11.1 Å². The monoisotopic (exact) mass is 634 g/mol. The number of fused-ring (bicyclic) bond motifs is 3. The number of likely N-dealkylation sites (tertiary alicyclic amines) is 1. The number of nitrogens with one attached hydrogen (secondary N) is 1. The molecule has 2 aliphatic carbocycles. The van der Waals surface area contributed by atoms with E-state index in [4.69, 9.17) is 25.3 Å². The average molecular weight is 635 g/mol. The summed E-state index contributed by atoms with van der Waals surface area (Å²) in [5.74, 6) is -0.0850. The van der Waals surface area contributed by atoms with Crippen LogP contribution in [0.4, 0.5) is 11.1 Å². The highest BCUT2D eigenvalue weighted by molar-refractivity contribution is 7.14. The number of anilines is 2. The molecular weight excluding hydrogens is 588 g/mol. The minimum absolute atomic E-state index is 0.198. The van der Waals surface area contributed by atoms with Gasteiger partial charge < -0.3 is 20.1 Å². The van der Waals surface area contributed by atoms with Crippen LogP contribution in [0.1, 0.15) is 118 Å². The van der Waals surface area contributed by atoms with Gasteiger partial charge in [-0.25, -0.2) is 19.6 Å². The molecule has 1 atom stereocenters. The summed E-state index contributed by atoms with van der Waals surface area (Å²) in [7, 11) is 0. The summed E-state index contributed by atoms with van der Waals surface area (Å²) in [5, 5.41) is 10.4. The van der Waals surface area contributed by atoms with E-state index in [1.165, 1.54) is 49.9 Å². The van der Waals surface area contributed by atoms with E-state index in [-0.39, 0.29) is 29.6 Å². The molecule has 0 bridgehead atoms. The predicted octanol–water partition coefficient (Wildman–Crippen LogP) is 5.87. The van der Waals surface area contributed by atoms with Gasteiger partial charge >= 0.3 is 0 Å². The number of nitrogens with zero attached hydrogens (tertiary/aromatic N) is 6. The highest BCUT2D eigenvalue weighted by atomic mass is 32.1. The van der Waals surface area contributed by atoms with E-state index in [1.54, 1.807) is 6.20 Å². The number of aromatic nitrogens is 5. The fourth-order valence-electron chi connectivity index (χ4n) is 7.62.